The Morgan fingerprint density at radius 2 is 2.06 bits per heavy atom. The van der Waals surface area contributed by atoms with Crippen LogP contribution in [0.4, 0.5) is 0 Å². The van der Waals surface area contributed by atoms with Gasteiger partial charge in [-0.1, -0.05) is 6.42 Å². The summed E-state index contributed by atoms with van der Waals surface area (Å²) in [6.07, 6.45) is 7.54. The Kier molecular flexibility index (Phi) is 5.49. The van der Waals surface area contributed by atoms with Gasteiger partial charge in [0.1, 0.15) is 0 Å². The molecule has 4 heteroatoms. The second kappa shape index (κ2) is 6.40. The molecule has 0 aliphatic rings. The molecule has 0 spiro atoms. The first-order valence-electron chi connectivity index (χ1n) is 5.90. The Morgan fingerprint density at radius 3 is 2.62 bits per heavy atom. The van der Waals surface area contributed by atoms with E-state index in [2.05, 4.69) is 47.1 Å². The van der Waals surface area contributed by atoms with Crippen LogP contribution >= 0.6 is 15.9 Å². The normalized spacial score (nSPS) is 12.0. The van der Waals surface area contributed by atoms with Crippen LogP contribution in [-0.2, 0) is 6.54 Å². The topological polar surface area (TPSA) is 29.9 Å². The number of hydrogen-bond acceptors (Lipinski definition) is 2. The van der Waals surface area contributed by atoms with Gasteiger partial charge in [0.15, 0.2) is 0 Å². The van der Waals surface area contributed by atoms with Crippen LogP contribution in [0.1, 0.15) is 40.0 Å². The third-order valence-electron chi connectivity index (χ3n) is 2.32. The Labute approximate surface area is 107 Å². The molecule has 0 fully saturated rings. The van der Waals surface area contributed by atoms with Gasteiger partial charge in [0, 0.05) is 18.3 Å². The Bertz CT molecular complexity index is 301. The zero-order valence-corrected chi connectivity index (χ0v) is 12.0. The van der Waals surface area contributed by atoms with E-state index < -0.39 is 0 Å². The summed E-state index contributed by atoms with van der Waals surface area (Å²) in [5, 5.41) is 7.72. The van der Waals surface area contributed by atoms with Gasteiger partial charge in [-0.15, -0.1) is 0 Å². The molecule has 16 heavy (non-hydrogen) atoms. The molecule has 3 nitrogen and oxygen atoms in total. The Hall–Kier alpha value is -0.350. The summed E-state index contributed by atoms with van der Waals surface area (Å²) in [5.74, 6) is 0. The molecule has 0 amide bonds. The average molecular weight is 288 g/mol. The van der Waals surface area contributed by atoms with Gasteiger partial charge < -0.3 is 5.32 Å². The smallest absolute Gasteiger partial charge is 0.0632 e. The quantitative estimate of drug-likeness (QED) is 0.815. The lowest BCUT2D eigenvalue weighted by Gasteiger charge is -2.20. The van der Waals surface area contributed by atoms with Gasteiger partial charge in [-0.3, -0.25) is 4.68 Å². The summed E-state index contributed by atoms with van der Waals surface area (Å²) in [6, 6.07) is 0. The maximum absolute atomic E-state index is 4.23. The largest absolute Gasteiger partial charge is 0.312 e. The summed E-state index contributed by atoms with van der Waals surface area (Å²) in [6.45, 7) is 8.73. The van der Waals surface area contributed by atoms with Crippen LogP contribution in [0, 0.1) is 0 Å². The molecule has 0 saturated carbocycles. The molecule has 1 aromatic heterocycles. The fourth-order valence-corrected chi connectivity index (χ4v) is 1.83. The highest BCUT2D eigenvalue weighted by Crippen LogP contribution is 2.07. The monoisotopic (exact) mass is 287 g/mol. The summed E-state index contributed by atoms with van der Waals surface area (Å²) in [5.41, 5.74) is 0.243. The summed E-state index contributed by atoms with van der Waals surface area (Å²) >= 11 is 3.39. The van der Waals surface area contributed by atoms with Gasteiger partial charge in [-0.05, 0) is 56.1 Å². The minimum atomic E-state index is 0.243. The molecule has 1 heterocycles. The number of rotatable bonds is 6. The predicted octanol–water partition coefficient (Wildman–Crippen LogP) is 3.20. The first-order valence-corrected chi connectivity index (χ1v) is 6.70. The van der Waals surface area contributed by atoms with Crippen molar-refractivity contribution in [2.45, 2.75) is 52.1 Å². The van der Waals surface area contributed by atoms with Gasteiger partial charge in [0.05, 0.1) is 10.7 Å². The highest BCUT2D eigenvalue weighted by molar-refractivity contribution is 9.10. The van der Waals surface area contributed by atoms with E-state index in [1.165, 1.54) is 19.3 Å². The van der Waals surface area contributed by atoms with Gasteiger partial charge in [-0.25, -0.2) is 0 Å². The number of aromatic nitrogens is 2. The van der Waals surface area contributed by atoms with Gasteiger partial charge >= 0.3 is 0 Å². The van der Waals surface area contributed by atoms with E-state index in [1.54, 1.807) is 0 Å². The molecule has 0 saturated heterocycles. The highest BCUT2D eigenvalue weighted by atomic mass is 79.9. The maximum Gasteiger partial charge on any atom is 0.0632 e. The van der Waals surface area contributed by atoms with Gasteiger partial charge in [-0.2, -0.15) is 5.10 Å². The van der Waals surface area contributed by atoms with Crippen molar-refractivity contribution >= 4 is 15.9 Å². The number of unbranched alkanes of at least 4 members (excludes halogenated alkanes) is 2. The molecule has 92 valence electrons. The summed E-state index contributed by atoms with van der Waals surface area (Å²) in [4.78, 5) is 0. The van der Waals surface area contributed by atoms with E-state index in [0.29, 0.717) is 0 Å². The van der Waals surface area contributed by atoms with E-state index in [1.807, 2.05) is 17.1 Å². The molecule has 0 aliphatic heterocycles. The number of nitrogens with one attached hydrogen (secondary N) is 1. The molecule has 1 N–H and O–H groups in total. The fraction of sp³-hybridized carbons (Fsp3) is 0.750. The van der Waals surface area contributed by atoms with Gasteiger partial charge in [0.25, 0.3) is 0 Å². The van der Waals surface area contributed by atoms with Crippen LogP contribution in [0.2, 0.25) is 0 Å². The van der Waals surface area contributed by atoms with E-state index in [9.17, 15) is 0 Å². The molecule has 0 bridgehead atoms. The zero-order chi connectivity index (χ0) is 12.0. The Balaban J connectivity index is 2.00. The van der Waals surface area contributed by atoms with Crippen molar-refractivity contribution in [3.05, 3.63) is 16.9 Å². The molecule has 0 radical (unpaired) electrons. The van der Waals surface area contributed by atoms with Crippen LogP contribution in [0.15, 0.2) is 16.9 Å². The van der Waals surface area contributed by atoms with Crippen molar-refractivity contribution < 1.29 is 0 Å². The van der Waals surface area contributed by atoms with Crippen molar-refractivity contribution in [2.24, 2.45) is 0 Å². The molecule has 0 atom stereocenters. The predicted molar refractivity (Wildman–Crippen MR) is 71.5 cm³/mol. The Morgan fingerprint density at radius 1 is 1.31 bits per heavy atom. The first kappa shape index (κ1) is 13.7. The molecule has 1 rings (SSSR count). The van der Waals surface area contributed by atoms with Crippen molar-refractivity contribution in [1.82, 2.24) is 15.1 Å². The van der Waals surface area contributed by atoms with Crippen molar-refractivity contribution in [1.29, 1.82) is 0 Å². The number of halogens is 1. The lowest BCUT2D eigenvalue weighted by molar-refractivity contribution is 0.413. The summed E-state index contributed by atoms with van der Waals surface area (Å²) in [7, 11) is 0. The van der Waals surface area contributed by atoms with Crippen molar-refractivity contribution in [2.75, 3.05) is 6.54 Å². The van der Waals surface area contributed by atoms with Crippen molar-refractivity contribution in [3.63, 3.8) is 0 Å². The second-order valence-corrected chi connectivity index (χ2v) is 6.07. The average Bonchev–Trinajstić information content (AvgIpc) is 2.56. The van der Waals surface area contributed by atoms with E-state index in [0.717, 1.165) is 17.6 Å². The molecule has 0 aliphatic carbocycles. The fourth-order valence-electron chi connectivity index (χ4n) is 1.50. The lowest BCUT2D eigenvalue weighted by Crippen LogP contribution is -2.36. The SMILES string of the molecule is CC(C)(C)NCCCCCn1cc(Br)cn1. The molecule has 0 aromatic carbocycles. The van der Waals surface area contributed by atoms with Crippen molar-refractivity contribution in [3.8, 4) is 0 Å². The third-order valence-corrected chi connectivity index (χ3v) is 2.73. The van der Waals surface area contributed by atoms with Crippen LogP contribution in [0.3, 0.4) is 0 Å². The minimum absolute atomic E-state index is 0.243. The van der Waals surface area contributed by atoms with E-state index in [-0.39, 0.29) is 5.54 Å². The minimum Gasteiger partial charge on any atom is -0.312 e. The van der Waals surface area contributed by atoms with Crippen LogP contribution in [0.25, 0.3) is 0 Å². The first-order chi connectivity index (χ1) is 7.47. The van der Waals surface area contributed by atoms with Crippen LogP contribution in [0.5, 0.6) is 0 Å². The second-order valence-electron chi connectivity index (χ2n) is 5.16. The number of hydrogen-bond donors (Lipinski definition) is 1. The summed E-state index contributed by atoms with van der Waals surface area (Å²) < 4.78 is 3.04. The maximum atomic E-state index is 4.23. The highest BCUT2D eigenvalue weighted by Gasteiger charge is 2.06. The molecule has 0 unspecified atom stereocenters. The van der Waals surface area contributed by atoms with Gasteiger partial charge in [0.2, 0.25) is 0 Å². The lowest BCUT2D eigenvalue weighted by atomic mass is 10.1. The van der Waals surface area contributed by atoms with E-state index in [4.69, 9.17) is 0 Å². The molecule has 1 aromatic rings. The standard InChI is InChI=1S/C12H22BrN3/c1-12(2,3)14-7-5-4-6-8-16-10-11(13)9-15-16/h9-10,14H,4-8H2,1-3H3. The molecular weight excluding hydrogens is 266 g/mol. The third kappa shape index (κ3) is 6.28. The molecular formula is C12H22BrN3. The number of aryl methyl sites for hydroxylation is 1. The van der Waals surface area contributed by atoms with E-state index >= 15 is 0 Å². The zero-order valence-electron chi connectivity index (χ0n) is 10.5. The van der Waals surface area contributed by atoms with Crippen LogP contribution < -0.4 is 5.32 Å². The van der Waals surface area contributed by atoms with Crippen LogP contribution in [-0.4, -0.2) is 21.9 Å². The number of nitrogens with zero attached hydrogens (tertiary/aromatic N) is 2.